The van der Waals surface area contributed by atoms with Crippen LogP contribution in [-0.4, -0.2) is 33.2 Å². The smallest absolute Gasteiger partial charge is 0.386 e. The fourth-order valence-corrected chi connectivity index (χ4v) is 1.70. The van der Waals surface area contributed by atoms with E-state index in [1.165, 1.54) is 29.3 Å². The maximum absolute atomic E-state index is 11.9. The summed E-state index contributed by atoms with van der Waals surface area (Å²) in [7, 11) is 0. The van der Waals surface area contributed by atoms with E-state index >= 15 is 0 Å². The van der Waals surface area contributed by atoms with Gasteiger partial charge in [-0.05, 0) is 5.10 Å². The predicted molar refractivity (Wildman–Crippen MR) is 75.1 cm³/mol. The van der Waals surface area contributed by atoms with Crippen LogP contribution in [0.2, 0.25) is 5.02 Å². The van der Waals surface area contributed by atoms with Crippen molar-refractivity contribution < 1.29 is 32.2 Å². The van der Waals surface area contributed by atoms with Gasteiger partial charge in [-0.25, -0.2) is 9.78 Å². The monoisotopic (exact) mass is 377 g/mol. The van der Waals surface area contributed by atoms with Gasteiger partial charge in [0.05, 0.1) is 6.20 Å². The Morgan fingerprint density at radius 1 is 1.32 bits per heavy atom. The molecule has 0 aromatic carbocycles. The quantitative estimate of drug-likeness (QED) is 0.480. The minimum atomic E-state index is -5.23. The topological polar surface area (TPSA) is 106 Å². The second-order valence-electron chi connectivity index (χ2n) is 4.60. The predicted octanol–water partition coefficient (Wildman–Crippen LogP) is 0.795. The van der Waals surface area contributed by atoms with E-state index in [-0.39, 0.29) is 17.4 Å². The molecule has 2 aromatic heterocycles. The first-order valence-electron chi connectivity index (χ1n) is 6.59. The van der Waals surface area contributed by atoms with Gasteiger partial charge >= 0.3 is 18.1 Å². The molecule has 25 heavy (non-hydrogen) atoms. The number of aromatic nitrogens is 4. The minimum absolute atomic E-state index is 0.0744. The lowest BCUT2D eigenvalue weighted by Gasteiger charge is -2.04. The highest BCUT2D eigenvalue weighted by Gasteiger charge is 2.42. The van der Waals surface area contributed by atoms with Gasteiger partial charge in [0.15, 0.2) is 12.7 Å². The highest BCUT2D eigenvalue weighted by Crippen LogP contribution is 2.16. The van der Waals surface area contributed by atoms with Crippen molar-refractivity contribution in [3.05, 3.63) is 40.0 Å². The number of H-pyrrole nitrogens is 1. The van der Waals surface area contributed by atoms with Crippen LogP contribution >= 0.6 is 11.6 Å². The van der Waals surface area contributed by atoms with Gasteiger partial charge in [0.1, 0.15) is 23.5 Å². The second kappa shape index (κ2) is 7.38. The Hall–Kier alpha value is -2.82. The van der Waals surface area contributed by atoms with Crippen LogP contribution in [0.15, 0.2) is 29.5 Å². The Kier molecular flexibility index (Phi) is 5.47. The Morgan fingerprint density at radius 3 is 2.60 bits per heavy atom. The number of esters is 2. The highest BCUT2D eigenvalue weighted by atomic mass is 35.5. The number of hydrogen-bond donors (Lipinski definition) is 1. The lowest BCUT2D eigenvalue weighted by molar-refractivity contribution is -0.752. The Balaban J connectivity index is 1.96. The molecule has 0 aliphatic heterocycles. The van der Waals surface area contributed by atoms with Crippen molar-refractivity contribution in [1.29, 1.82) is 0 Å². The second-order valence-corrected chi connectivity index (χ2v) is 5.00. The van der Waals surface area contributed by atoms with E-state index in [9.17, 15) is 27.6 Å². The van der Waals surface area contributed by atoms with Gasteiger partial charge in [0.25, 0.3) is 5.56 Å². The molecule has 0 unspecified atom stereocenters. The van der Waals surface area contributed by atoms with Crippen LogP contribution < -0.4 is 10.2 Å². The fourth-order valence-electron chi connectivity index (χ4n) is 1.60. The first kappa shape index (κ1) is 18.5. The molecular formula is C13H9ClF3N4O4+. The van der Waals surface area contributed by atoms with Crippen LogP contribution in [0.4, 0.5) is 13.2 Å². The van der Waals surface area contributed by atoms with Crippen molar-refractivity contribution in [2.45, 2.75) is 19.1 Å². The molecule has 0 fully saturated rings. The van der Waals surface area contributed by atoms with E-state index in [2.05, 4.69) is 19.8 Å². The third-order valence-corrected chi connectivity index (χ3v) is 3.05. The number of aromatic amines is 1. The molecule has 0 atom stereocenters. The summed E-state index contributed by atoms with van der Waals surface area (Å²) < 4.78 is 40.7. The summed E-state index contributed by atoms with van der Waals surface area (Å²) in [5.74, 6) is -3.68. The van der Waals surface area contributed by atoms with Crippen LogP contribution in [0.1, 0.15) is 6.42 Å². The summed E-state index contributed by atoms with van der Waals surface area (Å²) in [5, 5.41) is 3.84. The summed E-state index contributed by atoms with van der Waals surface area (Å²) in [6.45, 7) is -0.116. The molecule has 2 heterocycles. The van der Waals surface area contributed by atoms with E-state index in [0.717, 1.165) is 0 Å². The number of rotatable bonds is 4. The molecule has 0 saturated heterocycles. The number of nitrogens with zero attached hydrogens (tertiary/aromatic N) is 3. The number of aryl methyl sites for hydroxylation is 1. The van der Waals surface area contributed by atoms with E-state index in [1.807, 2.05) is 0 Å². The number of carbonyl (C=O) groups is 2. The van der Waals surface area contributed by atoms with Crippen LogP contribution in [0, 0.1) is 0 Å². The van der Waals surface area contributed by atoms with Crippen molar-refractivity contribution in [2.75, 3.05) is 0 Å². The summed E-state index contributed by atoms with van der Waals surface area (Å²) in [6.07, 6.45) is -1.83. The average molecular weight is 378 g/mol. The molecule has 1 N–H and O–H groups in total. The first-order valence-corrected chi connectivity index (χ1v) is 6.97. The number of halogens is 4. The van der Waals surface area contributed by atoms with E-state index in [4.69, 9.17) is 11.6 Å². The van der Waals surface area contributed by atoms with Crippen LogP contribution in [0.3, 0.4) is 0 Å². The molecule has 132 valence electrons. The van der Waals surface area contributed by atoms with Gasteiger partial charge in [-0.2, -0.15) is 13.2 Å². The number of alkyl halides is 3. The molecule has 0 radical (unpaired) electrons. The normalized spacial score (nSPS) is 11.2. The van der Waals surface area contributed by atoms with Crippen LogP contribution in [0.5, 0.6) is 0 Å². The van der Waals surface area contributed by atoms with Crippen LogP contribution in [-0.2, 0) is 20.9 Å². The summed E-state index contributed by atoms with van der Waals surface area (Å²) in [6, 6.07) is 1.51. The largest absolute Gasteiger partial charge is 0.491 e. The van der Waals surface area contributed by atoms with Crippen LogP contribution in [0.25, 0.3) is 11.4 Å². The van der Waals surface area contributed by atoms with Crippen molar-refractivity contribution in [3.63, 3.8) is 0 Å². The lowest BCUT2D eigenvalue weighted by Crippen LogP contribution is -2.39. The van der Waals surface area contributed by atoms with Crippen molar-refractivity contribution in [3.8, 4) is 11.4 Å². The zero-order valence-corrected chi connectivity index (χ0v) is 13.0. The molecule has 8 nitrogen and oxygen atoms in total. The number of nitrogens with one attached hydrogen (secondary N) is 1. The summed E-state index contributed by atoms with van der Waals surface area (Å²) >= 11 is 5.56. The summed E-state index contributed by atoms with van der Waals surface area (Å²) in [5.41, 5.74) is -0.0830. The minimum Gasteiger partial charge on any atom is -0.386 e. The van der Waals surface area contributed by atoms with E-state index < -0.39 is 30.1 Å². The number of ether oxygens (including phenoxy) is 1. The molecule has 0 aliphatic rings. The SMILES string of the molecule is O=C(CC[n+]1ccc(-c2ncc(Cl)c(=O)[nH]2)cn1)OC(=O)C(F)(F)F. The van der Waals surface area contributed by atoms with Gasteiger partial charge in [-0.3, -0.25) is 9.59 Å². The zero-order chi connectivity index (χ0) is 18.6. The lowest BCUT2D eigenvalue weighted by atomic mass is 10.3. The fraction of sp³-hybridized carbons (Fsp3) is 0.231. The Labute approximate surface area is 142 Å². The van der Waals surface area contributed by atoms with Gasteiger partial charge in [-0.15, -0.1) is 0 Å². The Morgan fingerprint density at radius 2 is 2.04 bits per heavy atom. The van der Waals surface area contributed by atoms with Gasteiger partial charge in [-0.1, -0.05) is 16.3 Å². The maximum Gasteiger partial charge on any atom is 0.491 e. The average Bonchev–Trinajstić information content (AvgIpc) is 2.55. The maximum atomic E-state index is 11.9. The molecule has 0 aliphatic carbocycles. The molecule has 12 heteroatoms. The molecule has 0 bridgehead atoms. The third kappa shape index (κ3) is 5.08. The van der Waals surface area contributed by atoms with Gasteiger partial charge in [0.2, 0.25) is 0 Å². The molecule has 0 saturated carbocycles. The zero-order valence-electron chi connectivity index (χ0n) is 12.2. The third-order valence-electron chi connectivity index (χ3n) is 2.78. The molecule has 2 aromatic rings. The standard InChI is InChI=1S/C13H8ClF3N4O4/c14-8-6-18-10(20-11(8)23)7-1-3-21(19-5-7)4-2-9(22)25-12(24)13(15,16)17/h1,3,5-6H,2,4H2/p+1. The van der Waals surface area contributed by atoms with Crippen molar-refractivity contribution >= 4 is 23.5 Å². The highest BCUT2D eigenvalue weighted by molar-refractivity contribution is 6.30. The van der Waals surface area contributed by atoms with Gasteiger partial charge in [0, 0.05) is 11.6 Å². The van der Waals surface area contributed by atoms with Crippen molar-refractivity contribution in [2.24, 2.45) is 0 Å². The molecule has 0 amide bonds. The number of carbonyl (C=O) groups excluding carboxylic acids is 2. The van der Waals surface area contributed by atoms with Crippen molar-refractivity contribution in [1.82, 2.24) is 15.1 Å². The van der Waals surface area contributed by atoms with E-state index in [0.29, 0.717) is 5.56 Å². The van der Waals surface area contributed by atoms with Gasteiger partial charge < -0.3 is 9.72 Å². The number of hydrogen-bond acceptors (Lipinski definition) is 6. The van der Waals surface area contributed by atoms with E-state index in [1.54, 1.807) is 0 Å². The summed E-state index contributed by atoms with van der Waals surface area (Å²) in [4.78, 5) is 39.4. The first-order chi connectivity index (χ1) is 11.7. The molecular weight excluding hydrogens is 369 g/mol. The molecule has 0 spiro atoms. The molecule has 2 rings (SSSR count). The Bertz CT molecular complexity index is 852.